The average molecular weight is 359 g/mol. The van der Waals surface area contributed by atoms with E-state index in [0.29, 0.717) is 19.6 Å². The van der Waals surface area contributed by atoms with Crippen LogP contribution in [0.25, 0.3) is 0 Å². The van der Waals surface area contributed by atoms with E-state index in [1.165, 1.54) is 16.4 Å². The zero-order valence-corrected chi connectivity index (χ0v) is 15.1. The van der Waals surface area contributed by atoms with Crippen LogP contribution >= 0.6 is 0 Å². The normalized spacial score (nSPS) is 20.2. The maximum Gasteiger partial charge on any atom is 0.249 e. The third kappa shape index (κ3) is 4.46. The lowest BCUT2D eigenvalue weighted by Crippen LogP contribution is -2.40. The Morgan fingerprint density at radius 1 is 1.29 bits per heavy atom. The summed E-state index contributed by atoms with van der Waals surface area (Å²) in [5.41, 5.74) is 0. The van der Waals surface area contributed by atoms with Gasteiger partial charge in [0.05, 0.1) is 13.2 Å². The number of hydrogen-bond donors (Lipinski definition) is 0. The Balaban J connectivity index is 2.27. The molecule has 1 aromatic rings. The molecule has 1 aliphatic heterocycles. The van der Waals surface area contributed by atoms with Gasteiger partial charge < -0.3 is 9.47 Å². The molecule has 24 heavy (non-hydrogen) atoms. The molecule has 1 atom stereocenters. The second kappa shape index (κ2) is 8.78. The van der Waals surface area contributed by atoms with Crippen LogP contribution in [0.15, 0.2) is 23.1 Å². The number of nitrogens with zero attached hydrogens (tertiary/aromatic N) is 1. The lowest BCUT2D eigenvalue weighted by atomic mass is 10.3. The van der Waals surface area contributed by atoms with Gasteiger partial charge in [0.15, 0.2) is 4.90 Å². The quantitative estimate of drug-likeness (QED) is 0.669. The number of sulfonamides is 1. The van der Waals surface area contributed by atoms with Crippen molar-refractivity contribution in [3.63, 3.8) is 0 Å². The predicted molar refractivity (Wildman–Crippen MR) is 90.2 cm³/mol. The maximum absolute atomic E-state index is 14.2. The number of rotatable bonds is 8. The molecule has 0 N–H and O–H groups in total. The molecule has 136 valence electrons. The first-order valence-corrected chi connectivity index (χ1v) is 9.97. The summed E-state index contributed by atoms with van der Waals surface area (Å²) in [6.45, 7) is 5.47. The van der Waals surface area contributed by atoms with Crippen molar-refractivity contribution >= 4 is 10.0 Å². The van der Waals surface area contributed by atoms with Crippen LogP contribution in [0.5, 0.6) is 5.75 Å². The van der Waals surface area contributed by atoms with Crippen molar-refractivity contribution in [3.8, 4) is 5.75 Å². The molecule has 0 spiro atoms. The molecule has 5 nitrogen and oxygen atoms in total. The largest absolute Gasteiger partial charge is 0.485 e. The highest BCUT2D eigenvalue weighted by atomic mass is 32.2. The van der Waals surface area contributed by atoms with Crippen LogP contribution in [0.2, 0.25) is 0 Å². The van der Waals surface area contributed by atoms with E-state index in [1.54, 1.807) is 0 Å². The lowest BCUT2D eigenvalue weighted by molar-refractivity contribution is 0.0410. The maximum atomic E-state index is 14.2. The van der Waals surface area contributed by atoms with E-state index in [9.17, 15) is 12.8 Å². The minimum absolute atomic E-state index is 0.0677. The molecule has 0 radical (unpaired) electrons. The third-order valence-electron chi connectivity index (χ3n) is 3.94. The van der Waals surface area contributed by atoms with Gasteiger partial charge in [0.2, 0.25) is 10.0 Å². The summed E-state index contributed by atoms with van der Waals surface area (Å²) >= 11 is 0. The summed E-state index contributed by atoms with van der Waals surface area (Å²) in [4.78, 5) is -0.364. The zero-order valence-electron chi connectivity index (χ0n) is 14.3. The summed E-state index contributed by atoms with van der Waals surface area (Å²) in [6, 6.07) is 4.11. The number of halogens is 1. The molecule has 0 amide bonds. The lowest BCUT2D eigenvalue weighted by Gasteiger charge is -2.22. The van der Waals surface area contributed by atoms with Gasteiger partial charge in [-0.3, -0.25) is 0 Å². The van der Waals surface area contributed by atoms with Crippen molar-refractivity contribution in [3.05, 3.63) is 24.0 Å². The molecule has 0 fully saturated rings. The highest BCUT2D eigenvalue weighted by molar-refractivity contribution is 7.89. The van der Waals surface area contributed by atoms with Crippen LogP contribution in [0.1, 0.15) is 39.5 Å². The summed E-state index contributed by atoms with van der Waals surface area (Å²) in [7, 11) is -3.91. The minimum Gasteiger partial charge on any atom is -0.485 e. The Morgan fingerprint density at radius 2 is 2.04 bits per heavy atom. The van der Waals surface area contributed by atoms with Gasteiger partial charge in [-0.05, 0) is 25.0 Å². The van der Waals surface area contributed by atoms with E-state index in [4.69, 9.17) is 9.47 Å². The molecular formula is C17H26FNO4S. The Kier molecular flexibility index (Phi) is 7.01. The van der Waals surface area contributed by atoms with Gasteiger partial charge in [-0.25, -0.2) is 12.8 Å². The molecule has 7 heteroatoms. The summed E-state index contributed by atoms with van der Waals surface area (Å²) in [6.07, 6.45) is 3.09. The van der Waals surface area contributed by atoms with E-state index in [1.807, 2.05) is 6.92 Å². The van der Waals surface area contributed by atoms with Crippen molar-refractivity contribution in [2.45, 2.75) is 50.5 Å². The first kappa shape index (κ1) is 19.1. The Labute approximate surface area is 143 Å². The molecule has 0 aromatic heterocycles. The van der Waals surface area contributed by atoms with Crippen LogP contribution in [-0.4, -0.2) is 45.1 Å². The van der Waals surface area contributed by atoms with Crippen LogP contribution in [-0.2, 0) is 14.8 Å². The molecule has 1 unspecified atom stereocenters. The third-order valence-corrected chi connectivity index (χ3v) is 5.86. The van der Waals surface area contributed by atoms with E-state index in [-0.39, 0.29) is 23.8 Å². The number of unbranched alkanes of at least 4 members (excludes halogenated alkanes) is 2. The van der Waals surface area contributed by atoms with Gasteiger partial charge in [0.1, 0.15) is 17.7 Å². The smallest absolute Gasteiger partial charge is 0.249 e. The van der Waals surface area contributed by atoms with E-state index < -0.39 is 21.9 Å². The van der Waals surface area contributed by atoms with Crippen molar-refractivity contribution in [1.29, 1.82) is 0 Å². The topological polar surface area (TPSA) is 55.8 Å². The van der Waals surface area contributed by atoms with Gasteiger partial charge >= 0.3 is 0 Å². The fourth-order valence-corrected chi connectivity index (χ4v) is 4.27. The SMILES string of the molecule is CCCCOCC1CN(CCCC)S(=O)(=O)c2c(F)cccc2O1. The van der Waals surface area contributed by atoms with Gasteiger partial charge in [0, 0.05) is 13.2 Å². The Morgan fingerprint density at radius 3 is 2.75 bits per heavy atom. The van der Waals surface area contributed by atoms with Crippen LogP contribution < -0.4 is 4.74 Å². The molecular weight excluding hydrogens is 333 g/mol. The highest BCUT2D eigenvalue weighted by Gasteiger charge is 2.36. The van der Waals surface area contributed by atoms with E-state index in [0.717, 1.165) is 25.3 Å². The second-order valence-corrected chi connectivity index (χ2v) is 7.83. The van der Waals surface area contributed by atoms with E-state index >= 15 is 0 Å². The van der Waals surface area contributed by atoms with Crippen LogP contribution in [0.3, 0.4) is 0 Å². The number of ether oxygens (including phenoxy) is 2. The standard InChI is InChI=1S/C17H26FNO4S/c1-3-5-10-19-12-14(13-22-11-6-4-2)23-16-9-7-8-15(18)17(16)24(19,20)21/h7-9,14H,3-6,10-13H2,1-2H3. The van der Waals surface area contributed by atoms with Crippen molar-refractivity contribution in [2.75, 3.05) is 26.3 Å². The number of benzene rings is 1. The van der Waals surface area contributed by atoms with Gasteiger partial charge in [0.25, 0.3) is 0 Å². The van der Waals surface area contributed by atoms with Gasteiger partial charge in [-0.15, -0.1) is 0 Å². The average Bonchev–Trinajstić information content (AvgIpc) is 2.64. The monoisotopic (exact) mass is 359 g/mol. The number of fused-ring (bicyclic) bond motifs is 1. The molecule has 0 saturated heterocycles. The fourth-order valence-electron chi connectivity index (χ4n) is 2.60. The fraction of sp³-hybridized carbons (Fsp3) is 0.647. The van der Waals surface area contributed by atoms with Crippen molar-refractivity contribution in [2.24, 2.45) is 0 Å². The summed E-state index contributed by atoms with van der Waals surface area (Å²) in [5.74, 6) is -0.709. The second-order valence-electron chi connectivity index (χ2n) is 5.95. The van der Waals surface area contributed by atoms with E-state index in [2.05, 4.69) is 6.92 Å². The Hall–Kier alpha value is -1.18. The van der Waals surface area contributed by atoms with Crippen molar-refractivity contribution < 1.29 is 22.3 Å². The summed E-state index contributed by atoms with van der Waals surface area (Å²) < 4.78 is 52.6. The molecule has 1 aromatic carbocycles. The van der Waals surface area contributed by atoms with Gasteiger partial charge in [-0.2, -0.15) is 4.31 Å². The van der Waals surface area contributed by atoms with Crippen LogP contribution in [0.4, 0.5) is 4.39 Å². The first-order chi connectivity index (χ1) is 11.5. The summed E-state index contributed by atoms with van der Waals surface area (Å²) in [5, 5.41) is 0. The molecule has 1 aliphatic rings. The minimum atomic E-state index is -3.91. The molecule has 0 bridgehead atoms. The van der Waals surface area contributed by atoms with Crippen LogP contribution in [0, 0.1) is 5.82 Å². The Bertz CT molecular complexity index is 635. The molecule has 0 saturated carbocycles. The highest BCUT2D eigenvalue weighted by Crippen LogP contribution is 2.33. The first-order valence-electron chi connectivity index (χ1n) is 8.53. The zero-order chi connectivity index (χ0) is 17.6. The number of hydrogen-bond acceptors (Lipinski definition) is 4. The molecule has 2 rings (SSSR count). The predicted octanol–water partition coefficient (Wildman–Crippen LogP) is 3.19. The van der Waals surface area contributed by atoms with Gasteiger partial charge in [-0.1, -0.05) is 32.8 Å². The van der Waals surface area contributed by atoms with Crippen molar-refractivity contribution in [1.82, 2.24) is 4.31 Å². The molecule has 1 heterocycles. The molecule has 0 aliphatic carbocycles.